The van der Waals surface area contributed by atoms with Crippen molar-refractivity contribution in [2.75, 3.05) is 7.11 Å². The Bertz CT molecular complexity index is 920. The molecule has 7 nitrogen and oxygen atoms in total. The topological polar surface area (TPSA) is 90.0 Å². The second-order valence-electron chi connectivity index (χ2n) is 6.06. The lowest BCUT2D eigenvalue weighted by Gasteiger charge is -2.28. The summed E-state index contributed by atoms with van der Waals surface area (Å²) in [6, 6.07) is 11.6. The summed E-state index contributed by atoms with van der Waals surface area (Å²) in [7, 11) is 1.19. The highest BCUT2D eigenvalue weighted by Gasteiger charge is 2.46. The van der Waals surface area contributed by atoms with Gasteiger partial charge >= 0.3 is 11.9 Å². The molecule has 0 N–H and O–H groups in total. The van der Waals surface area contributed by atoms with Crippen LogP contribution in [-0.4, -0.2) is 41.8 Å². The van der Waals surface area contributed by atoms with Crippen molar-refractivity contribution in [3.05, 3.63) is 65.2 Å². The molecule has 0 aromatic heterocycles. The summed E-state index contributed by atoms with van der Waals surface area (Å²) in [6.45, 7) is 1.29. The fraction of sp³-hybridized carbons (Fsp3) is 0.200. The van der Waals surface area contributed by atoms with Crippen LogP contribution in [0.25, 0.3) is 0 Å². The van der Waals surface area contributed by atoms with Gasteiger partial charge in [0.1, 0.15) is 5.75 Å². The Kier molecular flexibility index (Phi) is 5.60. The number of methoxy groups -OCH3 is 1. The average Bonchev–Trinajstić information content (AvgIpc) is 2.93. The Balaban J connectivity index is 1.95. The Labute approximate surface area is 169 Å². The number of ether oxygens (including phenoxy) is 2. The Morgan fingerprint density at radius 1 is 0.964 bits per heavy atom. The van der Waals surface area contributed by atoms with Crippen molar-refractivity contribution in [1.29, 1.82) is 0 Å². The molecule has 0 saturated heterocycles. The van der Waals surface area contributed by atoms with Gasteiger partial charge in [-0.25, -0.2) is 4.79 Å². The third kappa shape index (κ3) is 3.55. The molecular weight excluding hydrogens is 430 g/mol. The summed E-state index contributed by atoms with van der Waals surface area (Å²) in [5.74, 6) is -1.97. The smallest absolute Gasteiger partial charge is 0.330 e. The van der Waals surface area contributed by atoms with Gasteiger partial charge in [-0.1, -0.05) is 40.2 Å². The molecule has 0 saturated carbocycles. The Morgan fingerprint density at radius 2 is 1.50 bits per heavy atom. The monoisotopic (exact) mass is 445 g/mol. The van der Waals surface area contributed by atoms with Gasteiger partial charge < -0.3 is 9.47 Å². The highest BCUT2D eigenvalue weighted by atomic mass is 79.9. The summed E-state index contributed by atoms with van der Waals surface area (Å²) in [5.41, 5.74) is 1.08. The molecule has 0 aliphatic carbocycles. The second-order valence-corrected chi connectivity index (χ2v) is 7.04. The number of alkyl halides is 1. The zero-order chi connectivity index (χ0) is 20.4. The first-order valence-corrected chi connectivity index (χ1v) is 9.24. The number of fused-ring (bicyclic) bond motifs is 1. The third-order valence-electron chi connectivity index (χ3n) is 4.28. The van der Waals surface area contributed by atoms with E-state index < -0.39 is 34.6 Å². The first-order chi connectivity index (χ1) is 13.3. The van der Waals surface area contributed by atoms with Crippen molar-refractivity contribution >= 4 is 39.7 Å². The number of imide groups is 1. The van der Waals surface area contributed by atoms with Gasteiger partial charge in [0.15, 0.2) is 6.04 Å². The van der Waals surface area contributed by atoms with Crippen LogP contribution >= 0.6 is 15.9 Å². The molecule has 1 aliphatic rings. The average molecular weight is 446 g/mol. The molecule has 144 valence electrons. The van der Waals surface area contributed by atoms with Gasteiger partial charge in [0.2, 0.25) is 0 Å². The predicted molar refractivity (Wildman–Crippen MR) is 102 cm³/mol. The fourth-order valence-electron chi connectivity index (χ4n) is 3.01. The lowest BCUT2D eigenvalue weighted by atomic mass is 10.0. The van der Waals surface area contributed by atoms with E-state index >= 15 is 0 Å². The van der Waals surface area contributed by atoms with Crippen LogP contribution in [0, 0.1) is 0 Å². The van der Waals surface area contributed by atoms with Crippen LogP contribution in [0.15, 0.2) is 48.5 Å². The molecule has 8 heteroatoms. The third-order valence-corrected chi connectivity index (χ3v) is 5.31. The molecule has 1 aliphatic heterocycles. The van der Waals surface area contributed by atoms with Crippen LogP contribution in [0.2, 0.25) is 0 Å². The van der Waals surface area contributed by atoms with Gasteiger partial charge in [-0.15, -0.1) is 0 Å². The molecule has 0 fully saturated rings. The quantitative estimate of drug-likeness (QED) is 0.304. The van der Waals surface area contributed by atoms with Crippen molar-refractivity contribution < 1.29 is 28.7 Å². The summed E-state index contributed by atoms with van der Waals surface area (Å²) in [6.07, 6.45) is 0. The second kappa shape index (κ2) is 7.93. The molecule has 3 rings (SSSR count). The zero-order valence-electron chi connectivity index (χ0n) is 15.0. The van der Waals surface area contributed by atoms with Gasteiger partial charge in [0.05, 0.1) is 23.1 Å². The van der Waals surface area contributed by atoms with Crippen LogP contribution in [0.1, 0.15) is 38.0 Å². The number of amides is 2. The Hall–Kier alpha value is -3.00. The molecule has 28 heavy (non-hydrogen) atoms. The van der Waals surface area contributed by atoms with Crippen LogP contribution in [0.4, 0.5) is 0 Å². The minimum atomic E-state index is -1.21. The molecular formula is C20H16BrNO6. The molecule has 2 aromatic carbocycles. The molecule has 2 aromatic rings. The molecule has 0 radical (unpaired) electrons. The molecule has 2 amide bonds. The van der Waals surface area contributed by atoms with Crippen molar-refractivity contribution in [1.82, 2.24) is 4.90 Å². The minimum Gasteiger partial charge on any atom is -0.467 e. The van der Waals surface area contributed by atoms with Crippen molar-refractivity contribution in [3.8, 4) is 5.75 Å². The van der Waals surface area contributed by atoms with E-state index in [1.165, 1.54) is 14.0 Å². The maximum Gasteiger partial charge on any atom is 0.330 e. The van der Waals surface area contributed by atoms with Crippen LogP contribution in [0.5, 0.6) is 5.75 Å². The van der Waals surface area contributed by atoms with E-state index in [1.807, 2.05) is 0 Å². The number of halogens is 1. The normalized spacial score (nSPS) is 15.0. The first kappa shape index (κ1) is 19.8. The van der Waals surface area contributed by atoms with Gasteiger partial charge in [0.25, 0.3) is 11.8 Å². The van der Waals surface area contributed by atoms with Crippen molar-refractivity contribution in [2.45, 2.75) is 17.8 Å². The highest BCUT2D eigenvalue weighted by Crippen LogP contribution is 2.36. The standard InChI is InChI=1S/C20H16BrNO6/c1-11(23)28-13-9-7-12(8-10-13)16(21)17(20(26)27-2)22-18(24)14-5-3-4-6-15(14)19(22)25/h3-10,16-17H,1-2H3. The molecule has 0 spiro atoms. The fourth-order valence-corrected chi connectivity index (χ4v) is 3.76. The lowest BCUT2D eigenvalue weighted by molar-refractivity contribution is -0.145. The number of carbonyl (C=O) groups is 4. The number of esters is 2. The number of benzene rings is 2. The van der Waals surface area contributed by atoms with Crippen LogP contribution in [-0.2, 0) is 14.3 Å². The van der Waals surface area contributed by atoms with Crippen molar-refractivity contribution in [3.63, 3.8) is 0 Å². The van der Waals surface area contributed by atoms with Crippen LogP contribution < -0.4 is 4.74 Å². The minimum absolute atomic E-state index is 0.242. The van der Waals surface area contributed by atoms with E-state index in [0.717, 1.165) is 4.90 Å². The first-order valence-electron chi connectivity index (χ1n) is 8.32. The maximum atomic E-state index is 12.8. The van der Waals surface area contributed by atoms with Gasteiger partial charge in [-0.2, -0.15) is 0 Å². The SMILES string of the molecule is COC(=O)C(C(Br)c1ccc(OC(C)=O)cc1)N1C(=O)c2ccccc2C1=O. The van der Waals surface area contributed by atoms with Gasteiger partial charge in [0, 0.05) is 6.92 Å². The van der Waals surface area contributed by atoms with Gasteiger partial charge in [-0.05, 0) is 29.8 Å². The predicted octanol–water partition coefficient (Wildman–Crippen LogP) is 2.89. The zero-order valence-corrected chi connectivity index (χ0v) is 16.6. The largest absolute Gasteiger partial charge is 0.467 e. The van der Waals surface area contributed by atoms with Crippen LogP contribution in [0.3, 0.4) is 0 Å². The summed E-state index contributed by atoms with van der Waals surface area (Å²) < 4.78 is 9.84. The highest BCUT2D eigenvalue weighted by molar-refractivity contribution is 9.09. The van der Waals surface area contributed by atoms with E-state index in [2.05, 4.69) is 15.9 Å². The van der Waals surface area contributed by atoms with E-state index in [9.17, 15) is 19.2 Å². The number of hydrogen-bond acceptors (Lipinski definition) is 6. The summed E-state index contributed by atoms with van der Waals surface area (Å²) >= 11 is 3.42. The van der Waals surface area contributed by atoms with E-state index in [1.54, 1.807) is 48.5 Å². The van der Waals surface area contributed by atoms with Crippen molar-refractivity contribution in [2.24, 2.45) is 0 Å². The molecule has 1 heterocycles. The molecule has 0 bridgehead atoms. The molecule has 2 unspecified atom stereocenters. The Morgan fingerprint density at radius 3 is 1.96 bits per heavy atom. The molecule has 2 atom stereocenters. The van der Waals surface area contributed by atoms with E-state index in [0.29, 0.717) is 11.3 Å². The number of nitrogens with zero attached hydrogens (tertiary/aromatic N) is 1. The summed E-state index contributed by atoms with van der Waals surface area (Å²) in [4.78, 5) is 49.3. The van der Waals surface area contributed by atoms with Gasteiger partial charge in [-0.3, -0.25) is 19.3 Å². The number of hydrogen-bond donors (Lipinski definition) is 0. The van der Waals surface area contributed by atoms with E-state index in [4.69, 9.17) is 9.47 Å². The summed E-state index contributed by atoms with van der Waals surface area (Å²) in [5, 5.41) is 0. The number of rotatable bonds is 5. The van der Waals surface area contributed by atoms with E-state index in [-0.39, 0.29) is 11.1 Å². The maximum absolute atomic E-state index is 12.8. The lowest BCUT2D eigenvalue weighted by Crippen LogP contribution is -2.47. The number of carbonyl (C=O) groups excluding carboxylic acids is 4.